The molecule has 0 saturated carbocycles. The van der Waals surface area contributed by atoms with Gasteiger partial charge in [0.1, 0.15) is 0 Å². The maximum absolute atomic E-state index is 11.0. The summed E-state index contributed by atoms with van der Waals surface area (Å²) in [5, 5.41) is 8.49. The Morgan fingerprint density at radius 2 is 1.62 bits per heavy atom. The average Bonchev–Trinajstić information content (AvgIpc) is 2.15. The Hall–Kier alpha value is -1.64. The molecule has 0 amide bonds. The van der Waals surface area contributed by atoms with E-state index in [9.17, 15) is 9.59 Å². The molecule has 1 aromatic rings. The molecule has 3 heteroatoms. The minimum absolute atomic E-state index is 0.0695. The minimum Gasteiger partial charge on any atom is -0.476 e. The molecule has 0 aliphatic rings. The highest BCUT2D eigenvalue weighted by Crippen LogP contribution is 2.18. The summed E-state index contributed by atoms with van der Waals surface area (Å²) < 4.78 is 0. The van der Waals surface area contributed by atoms with Gasteiger partial charge in [0, 0.05) is 6.42 Å². The van der Waals surface area contributed by atoms with Gasteiger partial charge in [-0.3, -0.25) is 4.79 Å². The summed E-state index contributed by atoms with van der Waals surface area (Å²) >= 11 is 0. The predicted molar refractivity (Wildman–Crippen MR) is 61.6 cm³/mol. The highest BCUT2D eigenvalue weighted by atomic mass is 16.4. The third-order valence-corrected chi connectivity index (χ3v) is 2.68. The number of hydrogen-bond donors (Lipinski definition) is 1. The van der Waals surface area contributed by atoms with E-state index in [0.29, 0.717) is 6.42 Å². The third-order valence-electron chi connectivity index (χ3n) is 2.68. The van der Waals surface area contributed by atoms with E-state index < -0.39 is 11.8 Å². The smallest absolute Gasteiger partial charge is 0.372 e. The molecule has 1 N–H and O–H groups in total. The number of ketones is 1. The molecule has 0 heterocycles. The van der Waals surface area contributed by atoms with Gasteiger partial charge in [0.15, 0.2) is 0 Å². The number of carboxylic acids is 1. The lowest BCUT2D eigenvalue weighted by Crippen LogP contribution is -2.13. The maximum atomic E-state index is 11.0. The van der Waals surface area contributed by atoms with Crippen LogP contribution in [-0.2, 0) is 16.0 Å². The molecule has 1 rings (SSSR count). The highest BCUT2D eigenvalue weighted by Gasteiger charge is 2.12. The first-order chi connectivity index (χ1) is 7.41. The summed E-state index contributed by atoms with van der Waals surface area (Å²) in [5.74, 6) is -2.07. The quantitative estimate of drug-likeness (QED) is 0.791. The van der Waals surface area contributed by atoms with Crippen LogP contribution < -0.4 is 0 Å². The Kier molecular flexibility index (Phi) is 3.82. The van der Waals surface area contributed by atoms with Gasteiger partial charge in [0.25, 0.3) is 0 Å². The summed E-state index contributed by atoms with van der Waals surface area (Å²) in [5.41, 5.74) is 4.51. The number of carbonyl (C=O) groups excluding carboxylic acids is 1. The molecular weight excluding hydrogens is 204 g/mol. The Bertz CT molecular complexity index is 410. The monoisotopic (exact) mass is 220 g/mol. The summed E-state index contributed by atoms with van der Waals surface area (Å²) in [4.78, 5) is 21.4. The number of aryl methyl sites for hydroxylation is 3. The van der Waals surface area contributed by atoms with E-state index in [1.807, 2.05) is 32.9 Å². The Morgan fingerprint density at radius 3 is 2.06 bits per heavy atom. The van der Waals surface area contributed by atoms with Gasteiger partial charge in [-0.1, -0.05) is 17.7 Å². The summed E-state index contributed by atoms with van der Waals surface area (Å²) in [6.45, 7) is 5.99. The number of carboxylic acid groups (broad SMARTS) is 1. The molecule has 1 aromatic carbocycles. The van der Waals surface area contributed by atoms with E-state index in [1.54, 1.807) is 0 Å². The van der Waals surface area contributed by atoms with Crippen molar-refractivity contribution in [2.24, 2.45) is 0 Å². The second-order valence-electron chi connectivity index (χ2n) is 4.11. The van der Waals surface area contributed by atoms with Crippen molar-refractivity contribution in [2.45, 2.75) is 33.6 Å². The fraction of sp³-hybridized carbons (Fsp3) is 0.385. The third kappa shape index (κ3) is 2.92. The molecule has 0 radical (unpaired) electrons. The molecule has 0 aromatic heterocycles. The molecule has 86 valence electrons. The molecule has 16 heavy (non-hydrogen) atoms. The topological polar surface area (TPSA) is 54.4 Å². The first kappa shape index (κ1) is 12.4. The van der Waals surface area contributed by atoms with Gasteiger partial charge >= 0.3 is 5.97 Å². The number of Topliss-reactive ketones (excluding diaryl/α,β-unsaturated/α-hetero) is 1. The zero-order valence-electron chi connectivity index (χ0n) is 9.83. The Morgan fingerprint density at radius 1 is 1.12 bits per heavy atom. The van der Waals surface area contributed by atoms with Crippen molar-refractivity contribution >= 4 is 11.8 Å². The molecule has 0 spiro atoms. The number of rotatable bonds is 4. The molecule has 0 atom stereocenters. The largest absolute Gasteiger partial charge is 0.476 e. The number of benzene rings is 1. The average molecular weight is 220 g/mol. The van der Waals surface area contributed by atoms with Crippen molar-refractivity contribution in [1.82, 2.24) is 0 Å². The lowest BCUT2D eigenvalue weighted by molar-refractivity contribution is -0.149. The zero-order chi connectivity index (χ0) is 12.3. The minimum atomic E-state index is -1.34. The van der Waals surface area contributed by atoms with E-state index in [1.165, 1.54) is 5.56 Å². The summed E-state index contributed by atoms with van der Waals surface area (Å²) in [7, 11) is 0. The molecule has 0 fully saturated rings. The lowest BCUT2D eigenvalue weighted by Gasteiger charge is -2.10. The van der Waals surface area contributed by atoms with Gasteiger partial charge in [0.2, 0.25) is 5.78 Å². The van der Waals surface area contributed by atoms with Crippen molar-refractivity contribution in [2.75, 3.05) is 0 Å². The van der Waals surface area contributed by atoms with Crippen LogP contribution in [0.4, 0.5) is 0 Å². The second kappa shape index (κ2) is 4.92. The second-order valence-corrected chi connectivity index (χ2v) is 4.11. The number of aliphatic carboxylic acids is 1. The first-order valence-electron chi connectivity index (χ1n) is 5.24. The van der Waals surface area contributed by atoms with Crippen LogP contribution >= 0.6 is 0 Å². The van der Waals surface area contributed by atoms with Gasteiger partial charge in [-0.25, -0.2) is 4.79 Å². The van der Waals surface area contributed by atoms with Crippen LogP contribution in [0.5, 0.6) is 0 Å². The molecule has 0 aliphatic heterocycles. The normalized spacial score (nSPS) is 10.2. The van der Waals surface area contributed by atoms with Gasteiger partial charge in [0.05, 0.1) is 0 Å². The van der Waals surface area contributed by atoms with Crippen molar-refractivity contribution in [3.63, 3.8) is 0 Å². The van der Waals surface area contributed by atoms with Crippen molar-refractivity contribution in [1.29, 1.82) is 0 Å². The van der Waals surface area contributed by atoms with Gasteiger partial charge in [-0.05, 0) is 43.9 Å². The summed E-state index contributed by atoms with van der Waals surface area (Å²) in [6, 6.07) is 4.10. The van der Waals surface area contributed by atoms with Crippen LogP contribution in [0.15, 0.2) is 12.1 Å². The number of carbonyl (C=O) groups is 2. The Labute approximate surface area is 95.1 Å². The fourth-order valence-electron chi connectivity index (χ4n) is 1.95. The van der Waals surface area contributed by atoms with Crippen LogP contribution in [0, 0.1) is 20.8 Å². The van der Waals surface area contributed by atoms with Crippen LogP contribution in [0.1, 0.15) is 28.7 Å². The van der Waals surface area contributed by atoms with Crippen LogP contribution in [0.25, 0.3) is 0 Å². The van der Waals surface area contributed by atoms with Gasteiger partial charge < -0.3 is 5.11 Å². The van der Waals surface area contributed by atoms with E-state index in [2.05, 4.69) is 0 Å². The lowest BCUT2D eigenvalue weighted by atomic mass is 9.95. The predicted octanol–water partition coefficient (Wildman–Crippen LogP) is 2.20. The van der Waals surface area contributed by atoms with Crippen LogP contribution in [0.2, 0.25) is 0 Å². The van der Waals surface area contributed by atoms with E-state index in [-0.39, 0.29) is 6.42 Å². The van der Waals surface area contributed by atoms with E-state index in [4.69, 9.17) is 5.11 Å². The van der Waals surface area contributed by atoms with E-state index >= 15 is 0 Å². The molecule has 3 nitrogen and oxygen atoms in total. The van der Waals surface area contributed by atoms with E-state index in [0.717, 1.165) is 16.7 Å². The standard InChI is InChI=1S/C13H16O3/c1-8-6-9(2)11(10(3)7-8)4-5-12(14)13(15)16/h6-7H,4-5H2,1-3H3,(H,15,16). The fourth-order valence-corrected chi connectivity index (χ4v) is 1.95. The molecular formula is C13H16O3. The van der Waals surface area contributed by atoms with Crippen molar-refractivity contribution < 1.29 is 14.7 Å². The molecule has 0 bridgehead atoms. The first-order valence-corrected chi connectivity index (χ1v) is 5.24. The van der Waals surface area contributed by atoms with Crippen LogP contribution in [-0.4, -0.2) is 16.9 Å². The van der Waals surface area contributed by atoms with Crippen LogP contribution in [0.3, 0.4) is 0 Å². The van der Waals surface area contributed by atoms with Crippen molar-refractivity contribution in [3.8, 4) is 0 Å². The SMILES string of the molecule is Cc1cc(C)c(CCC(=O)C(=O)O)c(C)c1. The molecule has 0 unspecified atom stereocenters. The van der Waals surface area contributed by atoms with Crippen molar-refractivity contribution in [3.05, 3.63) is 34.4 Å². The van der Waals surface area contributed by atoms with Gasteiger partial charge in [-0.2, -0.15) is 0 Å². The molecule has 0 saturated heterocycles. The Balaban J connectivity index is 2.82. The zero-order valence-corrected chi connectivity index (χ0v) is 9.83. The summed E-state index contributed by atoms with van der Waals surface area (Å²) in [6.07, 6.45) is 0.573. The number of hydrogen-bond acceptors (Lipinski definition) is 2. The maximum Gasteiger partial charge on any atom is 0.372 e. The highest BCUT2D eigenvalue weighted by molar-refractivity contribution is 6.32. The van der Waals surface area contributed by atoms with Gasteiger partial charge in [-0.15, -0.1) is 0 Å². The molecule has 0 aliphatic carbocycles.